The lowest BCUT2D eigenvalue weighted by Crippen LogP contribution is -2.26. The Balaban J connectivity index is 1.77. The highest BCUT2D eigenvalue weighted by atomic mass is 32.1. The van der Waals surface area contributed by atoms with Crippen molar-refractivity contribution in [2.75, 3.05) is 5.32 Å². The highest BCUT2D eigenvalue weighted by molar-refractivity contribution is 7.15. The molecule has 4 aromatic rings. The maximum absolute atomic E-state index is 13.3. The average Bonchev–Trinajstić information content (AvgIpc) is 3.07. The standard InChI is InChI=1S/C20H14FN3O2S/c1-12-5-7-13(8-6-12)17-11-27-20-22-10-16(19(26)24(17)20)18(25)23-15-4-2-3-14(21)9-15/h2-11H,1H3,(H,23,25). The van der Waals surface area contributed by atoms with Gasteiger partial charge in [0.15, 0.2) is 4.96 Å². The number of aromatic nitrogens is 2. The molecule has 4 rings (SSSR count). The van der Waals surface area contributed by atoms with Gasteiger partial charge in [0.2, 0.25) is 0 Å². The Morgan fingerprint density at radius 2 is 1.96 bits per heavy atom. The number of aryl methyl sites for hydroxylation is 1. The van der Waals surface area contributed by atoms with Gasteiger partial charge in [-0.3, -0.25) is 14.0 Å². The molecule has 1 N–H and O–H groups in total. The number of thiazole rings is 1. The van der Waals surface area contributed by atoms with Crippen molar-refractivity contribution in [1.29, 1.82) is 0 Å². The highest BCUT2D eigenvalue weighted by Gasteiger charge is 2.17. The first-order valence-corrected chi connectivity index (χ1v) is 9.04. The fourth-order valence-corrected chi connectivity index (χ4v) is 3.60. The Bertz CT molecular complexity index is 1210. The number of carbonyl (C=O) groups excluding carboxylic acids is 1. The average molecular weight is 379 g/mol. The zero-order valence-electron chi connectivity index (χ0n) is 14.3. The molecule has 0 spiro atoms. The first-order valence-electron chi connectivity index (χ1n) is 8.16. The molecule has 2 heterocycles. The second-order valence-corrected chi connectivity index (χ2v) is 6.88. The Morgan fingerprint density at radius 3 is 2.70 bits per heavy atom. The molecule has 0 bridgehead atoms. The van der Waals surface area contributed by atoms with E-state index in [0.717, 1.165) is 11.1 Å². The Hall–Kier alpha value is -3.32. The molecule has 2 aromatic heterocycles. The Kier molecular flexibility index (Phi) is 4.29. The van der Waals surface area contributed by atoms with Crippen LogP contribution in [0, 0.1) is 12.7 Å². The van der Waals surface area contributed by atoms with Crippen LogP contribution in [-0.2, 0) is 0 Å². The van der Waals surface area contributed by atoms with Crippen molar-refractivity contribution in [1.82, 2.24) is 9.38 Å². The molecule has 0 saturated heterocycles. The number of halogens is 1. The normalized spacial score (nSPS) is 10.9. The first kappa shape index (κ1) is 17.1. The third-order valence-corrected chi connectivity index (χ3v) is 4.96. The third-order valence-electron chi connectivity index (χ3n) is 4.12. The molecule has 7 heteroatoms. The van der Waals surface area contributed by atoms with Crippen LogP contribution in [0.1, 0.15) is 15.9 Å². The molecule has 0 saturated carbocycles. The predicted molar refractivity (Wildman–Crippen MR) is 104 cm³/mol. The van der Waals surface area contributed by atoms with Gasteiger partial charge in [0.05, 0.1) is 5.69 Å². The Morgan fingerprint density at radius 1 is 1.19 bits per heavy atom. The monoisotopic (exact) mass is 379 g/mol. The van der Waals surface area contributed by atoms with Gasteiger partial charge >= 0.3 is 0 Å². The van der Waals surface area contributed by atoms with Crippen LogP contribution in [-0.4, -0.2) is 15.3 Å². The number of anilines is 1. The molecule has 0 aliphatic rings. The van der Waals surface area contributed by atoms with E-state index in [1.54, 1.807) is 6.07 Å². The molecular weight excluding hydrogens is 365 g/mol. The van der Waals surface area contributed by atoms with Crippen molar-refractivity contribution >= 4 is 27.9 Å². The summed E-state index contributed by atoms with van der Waals surface area (Å²) in [4.78, 5) is 30.2. The Labute approximate surface area is 157 Å². The minimum atomic E-state index is -0.631. The lowest BCUT2D eigenvalue weighted by Gasteiger charge is -2.06. The van der Waals surface area contributed by atoms with Crippen LogP contribution in [0.15, 0.2) is 64.9 Å². The van der Waals surface area contributed by atoms with Gasteiger partial charge in [-0.2, -0.15) is 0 Å². The number of rotatable bonds is 3. The molecule has 0 radical (unpaired) electrons. The second kappa shape index (κ2) is 6.77. The van der Waals surface area contributed by atoms with Crippen molar-refractivity contribution in [2.24, 2.45) is 0 Å². The minimum Gasteiger partial charge on any atom is -0.322 e. The highest BCUT2D eigenvalue weighted by Crippen LogP contribution is 2.24. The van der Waals surface area contributed by atoms with E-state index >= 15 is 0 Å². The van der Waals surface area contributed by atoms with Gasteiger partial charge in [0.1, 0.15) is 11.4 Å². The van der Waals surface area contributed by atoms with Gasteiger partial charge in [-0.25, -0.2) is 9.37 Å². The van der Waals surface area contributed by atoms with E-state index in [1.807, 2.05) is 36.6 Å². The lowest BCUT2D eigenvalue weighted by atomic mass is 10.1. The van der Waals surface area contributed by atoms with E-state index in [-0.39, 0.29) is 11.3 Å². The SMILES string of the molecule is Cc1ccc(-c2csc3ncc(C(=O)Nc4cccc(F)c4)c(=O)n23)cc1. The molecule has 0 fully saturated rings. The second-order valence-electron chi connectivity index (χ2n) is 6.05. The van der Waals surface area contributed by atoms with Gasteiger partial charge in [-0.15, -0.1) is 11.3 Å². The van der Waals surface area contributed by atoms with Gasteiger partial charge in [0.25, 0.3) is 11.5 Å². The number of nitrogens with one attached hydrogen (secondary N) is 1. The molecule has 134 valence electrons. The molecule has 0 unspecified atom stereocenters. The summed E-state index contributed by atoms with van der Waals surface area (Å²) in [6.45, 7) is 1.98. The molecular formula is C20H14FN3O2S. The molecule has 2 aromatic carbocycles. The van der Waals surface area contributed by atoms with Gasteiger partial charge in [0, 0.05) is 17.3 Å². The predicted octanol–water partition coefficient (Wildman–Crippen LogP) is 4.12. The van der Waals surface area contributed by atoms with Crippen LogP contribution in [0.3, 0.4) is 0 Å². The maximum Gasteiger partial charge on any atom is 0.271 e. The van der Waals surface area contributed by atoms with E-state index in [1.165, 1.54) is 40.1 Å². The summed E-state index contributed by atoms with van der Waals surface area (Å²) >= 11 is 1.32. The number of carbonyl (C=O) groups is 1. The minimum absolute atomic E-state index is 0.108. The van der Waals surface area contributed by atoms with Crippen molar-refractivity contribution in [3.8, 4) is 11.3 Å². The number of fused-ring (bicyclic) bond motifs is 1. The number of hydrogen-bond acceptors (Lipinski definition) is 4. The topological polar surface area (TPSA) is 63.5 Å². The van der Waals surface area contributed by atoms with Crippen molar-refractivity contribution in [3.05, 3.63) is 87.4 Å². The summed E-state index contributed by atoms with van der Waals surface area (Å²) in [5.41, 5.74) is 2.34. The number of nitrogens with zero attached hydrogens (tertiary/aromatic N) is 2. The number of benzene rings is 2. The number of hydrogen-bond donors (Lipinski definition) is 1. The molecule has 0 atom stereocenters. The van der Waals surface area contributed by atoms with E-state index in [2.05, 4.69) is 10.3 Å². The van der Waals surface area contributed by atoms with Crippen LogP contribution in [0.4, 0.5) is 10.1 Å². The van der Waals surface area contributed by atoms with Gasteiger partial charge < -0.3 is 5.32 Å². The van der Waals surface area contributed by atoms with Crippen molar-refractivity contribution < 1.29 is 9.18 Å². The fraction of sp³-hybridized carbons (Fsp3) is 0.0500. The summed E-state index contributed by atoms with van der Waals surface area (Å²) in [6, 6.07) is 13.2. The van der Waals surface area contributed by atoms with Gasteiger partial charge in [-0.05, 0) is 30.7 Å². The zero-order chi connectivity index (χ0) is 19.0. The van der Waals surface area contributed by atoms with E-state index in [9.17, 15) is 14.0 Å². The quantitative estimate of drug-likeness (QED) is 0.582. The maximum atomic E-state index is 13.3. The third kappa shape index (κ3) is 3.24. The zero-order valence-corrected chi connectivity index (χ0v) is 15.1. The van der Waals surface area contributed by atoms with Crippen LogP contribution in [0.25, 0.3) is 16.2 Å². The van der Waals surface area contributed by atoms with Gasteiger partial charge in [-0.1, -0.05) is 35.9 Å². The van der Waals surface area contributed by atoms with Crippen LogP contribution in [0.2, 0.25) is 0 Å². The molecule has 0 aliphatic carbocycles. The summed E-state index contributed by atoms with van der Waals surface area (Å²) in [7, 11) is 0. The summed E-state index contributed by atoms with van der Waals surface area (Å²) in [5, 5.41) is 4.37. The summed E-state index contributed by atoms with van der Waals surface area (Å²) in [5.74, 6) is -1.11. The van der Waals surface area contributed by atoms with E-state index in [4.69, 9.17) is 0 Å². The summed E-state index contributed by atoms with van der Waals surface area (Å²) < 4.78 is 14.7. The van der Waals surface area contributed by atoms with Crippen molar-refractivity contribution in [2.45, 2.75) is 6.92 Å². The lowest BCUT2D eigenvalue weighted by molar-refractivity contribution is 0.102. The van der Waals surface area contributed by atoms with Crippen molar-refractivity contribution in [3.63, 3.8) is 0 Å². The van der Waals surface area contributed by atoms with E-state index in [0.29, 0.717) is 10.7 Å². The fourth-order valence-electron chi connectivity index (χ4n) is 2.74. The molecule has 0 aliphatic heterocycles. The smallest absolute Gasteiger partial charge is 0.271 e. The first-order chi connectivity index (χ1) is 13.0. The number of amides is 1. The molecule has 27 heavy (non-hydrogen) atoms. The molecule has 1 amide bonds. The molecule has 5 nitrogen and oxygen atoms in total. The summed E-state index contributed by atoms with van der Waals surface area (Å²) in [6.07, 6.45) is 1.25. The van der Waals surface area contributed by atoms with Crippen LogP contribution >= 0.6 is 11.3 Å². The largest absolute Gasteiger partial charge is 0.322 e. The van der Waals surface area contributed by atoms with E-state index < -0.39 is 17.3 Å². The van der Waals surface area contributed by atoms with Crippen LogP contribution < -0.4 is 10.9 Å². The van der Waals surface area contributed by atoms with Crippen LogP contribution in [0.5, 0.6) is 0 Å².